The van der Waals surface area contributed by atoms with E-state index in [2.05, 4.69) is 22.9 Å². The Balaban J connectivity index is 2.03. The van der Waals surface area contributed by atoms with Gasteiger partial charge in [0, 0.05) is 18.0 Å². The third-order valence-corrected chi connectivity index (χ3v) is 4.71. The van der Waals surface area contributed by atoms with Crippen LogP contribution in [0.25, 0.3) is 10.8 Å². The fourth-order valence-electron chi connectivity index (χ4n) is 3.64. The van der Waals surface area contributed by atoms with Crippen molar-refractivity contribution in [2.75, 3.05) is 18.0 Å². The molecule has 1 aliphatic carbocycles. The van der Waals surface area contributed by atoms with E-state index in [1.165, 1.54) is 12.8 Å². The van der Waals surface area contributed by atoms with Crippen molar-refractivity contribution in [3.8, 4) is 0 Å². The number of aromatic nitrogens is 1. The Kier molecular flexibility index (Phi) is 3.97. The van der Waals surface area contributed by atoms with Crippen molar-refractivity contribution in [3.63, 3.8) is 0 Å². The molecule has 21 heavy (non-hydrogen) atoms. The van der Waals surface area contributed by atoms with E-state index in [1.807, 2.05) is 24.3 Å². The van der Waals surface area contributed by atoms with Gasteiger partial charge in [-0.05, 0) is 49.7 Å². The first-order valence-electron chi connectivity index (χ1n) is 7.83. The van der Waals surface area contributed by atoms with Crippen LogP contribution in [0.5, 0.6) is 0 Å². The average molecular weight is 285 g/mol. The molecule has 3 N–H and O–H groups in total. The first-order valence-corrected chi connectivity index (χ1v) is 7.83. The Bertz CT molecular complexity index is 679. The molecule has 1 saturated carbocycles. The number of anilines is 1. The summed E-state index contributed by atoms with van der Waals surface area (Å²) >= 11 is 0. The highest BCUT2D eigenvalue weighted by molar-refractivity contribution is 5.83. The zero-order valence-electron chi connectivity index (χ0n) is 12.5. The molecule has 4 nitrogen and oxygen atoms in total. The van der Waals surface area contributed by atoms with Gasteiger partial charge in [0.05, 0.1) is 0 Å². The van der Waals surface area contributed by atoms with Gasteiger partial charge in [-0.3, -0.25) is 4.79 Å². The standard InChI is InChI=1S/C17H23N3O/c1-2-20(15-9-5-7-13(15)11-18)16-10-12-6-3-4-8-14(12)17(21)19-16/h3-4,6,8,10,13,15H,2,5,7,9,11,18H2,1H3,(H,19,21). The van der Waals surface area contributed by atoms with Gasteiger partial charge in [0.25, 0.3) is 5.56 Å². The molecule has 0 bridgehead atoms. The molecule has 112 valence electrons. The number of benzene rings is 1. The predicted molar refractivity (Wildman–Crippen MR) is 87.8 cm³/mol. The number of pyridine rings is 1. The van der Waals surface area contributed by atoms with Gasteiger partial charge in [0.2, 0.25) is 0 Å². The van der Waals surface area contributed by atoms with Crippen LogP contribution in [0.3, 0.4) is 0 Å². The third-order valence-electron chi connectivity index (χ3n) is 4.71. The highest BCUT2D eigenvalue weighted by Crippen LogP contribution is 2.32. The third kappa shape index (κ3) is 2.56. The lowest BCUT2D eigenvalue weighted by molar-refractivity contribution is 0.459. The fraction of sp³-hybridized carbons (Fsp3) is 0.471. The minimum absolute atomic E-state index is 0.0103. The van der Waals surface area contributed by atoms with Crippen molar-refractivity contribution in [2.24, 2.45) is 11.7 Å². The molecule has 2 unspecified atom stereocenters. The van der Waals surface area contributed by atoms with Crippen LogP contribution in [0, 0.1) is 5.92 Å². The predicted octanol–water partition coefficient (Wildman–Crippen LogP) is 2.48. The van der Waals surface area contributed by atoms with Gasteiger partial charge in [-0.15, -0.1) is 0 Å². The molecule has 0 aliphatic heterocycles. The summed E-state index contributed by atoms with van der Waals surface area (Å²) in [5, 5.41) is 1.75. The number of hydrogen-bond donors (Lipinski definition) is 2. The normalized spacial score (nSPS) is 21.8. The molecule has 1 fully saturated rings. The van der Waals surface area contributed by atoms with Crippen LogP contribution in [0.1, 0.15) is 26.2 Å². The Morgan fingerprint density at radius 2 is 2.14 bits per heavy atom. The number of nitrogens with two attached hydrogens (primary N) is 1. The Morgan fingerprint density at radius 3 is 2.90 bits per heavy atom. The Morgan fingerprint density at radius 1 is 1.33 bits per heavy atom. The largest absolute Gasteiger partial charge is 0.355 e. The summed E-state index contributed by atoms with van der Waals surface area (Å²) in [6, 6.07) is 10.3. The summed E-state index contributed by atoms with van der Waals surface area (Å²) in [6.45, 7) is 3.74. The molecule has 4 heteroatoms. The second-order valence-electron chi connectivity index (χ2n) is 5.85. The highest BCUT2D eigenvalue weighted by Gasteiger charge is 2.31. The molecule has 1 aromatic heterocycles. The van der Waals surface area contributed by atoms with Gasteiger partial charge in [-0.2, -0.15) is 0 Å². The van der Waals surface area contributed by atoms with Crippen molar-refractivity contribution >= 4 is 16.6 Å². The molecule has 1 heterocycles. The second-order valence-corrected chi connectivity index (χ2v) is 5.85. The van der Waals surface area contributed by atoms with E-state index in [0.717, 1.165) is 36.1 Å². The molecule has 1 aliphatic rings. The molecule has 0 saturated heterocycles. The van der Waals surface area contributed by atoms with Gasteiger partial charge < -0.3 is 15.6 Å². The van der Waals surface area contributed by atoms with Crippen LogP contribution >= 0.6 is 0 Å². The van der Waals surface area contributed by atoms with Gasteiger partial charge in [0.1, 0.15) is 5.82 Å². The van der Waals surface area contributed by atoms with E-state index in [1.54, 1.807) is 0 Å². The summed E-state index contributed by atoms with van der Waals surface area (Å²) in [4.78, 5) is 17.6. The topological polar surface area (TPSA) is 62.1 Å². The lowest BCUT2D eigenvalue weighted by atomic mass is 10.0. The number of H-pyrrole nitrogens is 1. The molecule has 2 atom stereocenters. The first-order chi connectivity index (χ1) is 10.2. The van der Waals surface area contributed by atoms with Gasteiger partial charge in [-0.1, -0.05) is 24.6 Å². The molecule has 2 aromatic rings. The second kappa shape index (κ2) is 5.90. The van der Waals surface area contributed by atoms with Crippen molar-refractivity contribution in [1.29, 1.82) is 0 Å². The number of hydrogen-bond acceptors (Lipinski definition) is 3. The van der Waals surface area contributed by atoms with E-state index in [4.69, 9.17) is 5.73 Å². The first kappa shape index (κ1) is 14.1. The Labute approximate surface area is 125 Å². The number of aromatic amines is 1. The Hall–Kier alpha value is -1.81. The van der Waals surface area contributed by atoms with Gasteiger partial charge in [0.15, 0.2) is 0 Å². The van der Waals surface area contributed by atoms with Crippen molar-refractivity contribution in [1.82, 2.24) is 4.98 Å². The molecular formula is C17H23N3O. The lowest BCUT2D eigenvalue weighted by Crippen LogP contribution is -2.41. The number of nitrogens with one attached hydrogen (secondary N) is 1. The van der Waals surface area contributed by atoms with Crippen molar-refractivity contribution < 1.29 is 0 Å². The molecular weight excluding hydrogens is 262 g/mol. The van der Waals surface area contributed by atoms with E-state index >= 15 is 0 Å². The zero-order chi connectivity index (χ0) is 14.8. The smallest absolute Gasteiger partial charge is 0.257 e. The zero-order valence-corrected chi connectivity index (χ0v) is 12.5. The number of rotatable bonds is 4. The molecule has 0 radical (unpaired) electrons. The average Bonchev–Trinajstić information content (AvgIpc) is 2.96. The van der Waals surface area contributed by atoms with Crippen LogP contribution < -0.4 is 16.2 Å². The van der Waals surface area contributed by atoms with Crippen LogP contribution in [0.15, 0.2) is 35.1 Å². The minimum Gasteiger partial charge on any atom is -0.355 e. The maximum Gasteiger partial charge on any atom is 0.257 e. The van der Waals surface area contributed by atoms with E-state index in [-0.39, 0.29) is 5.56 Å². The summed E-state index contributed by atoms with van der Waals surface area (Å²) < 4.78 is 0. The van der Waals surface area contributed by atoms with Crippen LogP contribution in [0.2, 0.25) is 0 Å². The van der Waals surface area contributed by atoms with Crippen molar-refractivity contribution in [3.05, 3.63) is 40.7 Å². The van der Waals surface area contributed by atoms with Gasteiger partial charge in [-0.25, -0.2) is 0 Å². The maximum atomic E-state index is 12.3. The monoisotopic (exact) mass is 285 g/mol. The molecule has 0 amide bonds. The number of fused-ring (bicyclic) bond motifs is 1. The summed E-state index contributed by atoms with van der Waals surface area (Å²) in [5.41, 5.74) is 5.91. The highest BCUT2D eigenvalue weighted by atomic mass is 16.1. The lowest BCUT2D eigenvalue weighted by Gasteiger charge is -2.33. The molecule has 0 spiro atoms. The molecule has 3 rings (SSSR count). The summed E-state index contributed by atoms with van der Waals surface area (Å²) in [6.07, 6.45) is 3.57. The van der Waals surface area contributed by atoms with E-state index in [9.17, 15) is 4.79 Å². The van der Waals surface area contributed by atoms with Crippen LogP contribution in [-0.4, -0.2) is 24.1 Å². The van der Waals surface area contributed by atoms with Crippen LogP contribution in [0.4, 0.5) is 5.82 Å². The fourth-order valence-corrected chi connectivity index (χ4v) is 3.64. The summed E-state index contributed by atoms with van der Waals surface area (Å²) in [7, 11) is 0. The van der Waals surface area contributed by atoms with Crippen LogP contribution in [-0.2, 0) is 0 Å². The van der Waals surface area contributed by atoms with Crippen molar-refractivity contribution in [2.45, 2.75) is 32.2 Å². The SMILES string of the molecule is CCN(c1cc2ccccc2c(=O)[nH]1)C1CCCC1CN. The quantitative estimate of drug-likeness (QED) is 0.907. The van der Waals surface area contributed by atoms with E-state index in [0.29, 0.717) is 12.0 Å². The molecule has 1 aromatic carbocycles. The van der Waals surface area contributed by atoms with E-state index < -0.39 is 0 Å². The van der Waals surface area contributed by atoms with Gasteiger partial charge >= 0.3 is 0 Å². The number of nitrogens with zero attached hydrogens (tertiary/aromatic N) is 1. The maximum absolute atomic E-state index is 12.3. The minimum atomic E-state index is -0.0103. The summed E-state index contributed by atoms with van der Waals surface area (Å²) in [5.74, 6) is 1.45.